The number of fused-ring (bicyclic) bond motifs is 1. The zero-order valence-electron chi connectivity index (χ0n) is 16.9. The molecule has 0 spiro atoms. The predicted molar refractivity (Wildman–Crippen MR) is 131 cm³/mol. The predicted octanol–water partition coefficient (Wildman–Crippen LogP) is 3.38. The summed E-state index contributed by atoms with van der Waals surface area (Å²) in [5, 5.41) is 7.38. The van der Waals surface area contributed by atoms with E-state index >= 15 is 0 Å². The Morgan fingerprint density at radius 3 is 2.47 bits per heavy atom. The molecule has 0 bridgehead atoms. The zero-order chi connectivity index (χ0) is 20.9. The third-order valence-electron chi connectivity index (χ3n) is 4.55. The molecule has 0 atom stereocenters. The smallest absolute Gasteiger partial charge is 0.191 e. The maximum Gasteiger partial charge on any atom is 0.191 e. The molecule has 1 heterocycles. The van der Waals surface area contributed by atoms with Gasteiger partial charge in [-0.25, -0.2) is 12.8 Å². The molecule has 0 aliphatic carbocycles. The molecule has 0 unspecified atom stereocenters. The number of H-pyrrole nitrogens is 1. The zero-order valence-corrected chi connectivity index (χ0v) is 20.1. The fraction of sp³-hybridized carbons (Fsp3) is 0.286. The van der Waals surface area contributed by atoms with Crippen LogP contribution in [0.4, 0.5) is 4.39 Å². The lowest BCUT2D eigenvalue weighted by Crippen LogP contribution is -2.37. The van der Waals surface area contributed by atoms with Gasteiger partial charge < -0.3 is 15.6 Å². The van der Waals surface area contributed by atoms with E-state index in [-0.39, 0.29) is 35.5 Å². The van der Waals surface area contributed by atoms with Crippen molar-refractivity contribution in [3.05, 3.63) is 71.2 Å². The standard InChI is InChI=1S/C21H25FN4O2S.HI/c1-23-21(26-12-15-3-5-16(6-4-15)14-29(2,27)28)24-10-9-17-13-25-20-8-7-18(22)11-19(17)20;/h3-8,11,13,25H,9-10,12,14H2,1-2H3,(H2,23,24,26);1H. The molecular weight excluding hydrogens is 518 g/mol. The molecule has 0 amide bonds. The van der Waals surface area contributed by atoms with Gasteiger partial charge in [-0.1, -0.05) is 24.3 Å². The highest BCUT2D eigenvalue weighted by Gasteiger charge is 2.06. The summed E-state index contributed by atoms with van der Waals surface area (Å²) in [6.45, 7) is 1.22. The van der Waals surface area contributed by atoms with Gasteiger partial charge in [-0.15, -0.1) is 24.0 Å². The molecule has 162 valence electrons. The van der Waals surface area contributed by atoms with Crippen LogP contribution < -0.4 is 10.6 Å². The summed E-state index contributed by atoms with van der Waals surface area (Å²) in [4.78, 5) is 7.37. The van der Waals surface area contributed by atoms with Crippen molar-refractivity contribution in [3.63, 3.8) is 0 Å². The van der Waals surface area contributed by atoms with E-state index in [0.29, 0.717) is 19.0 Å². The van der Waals surface area contributed by atoms with E-state index in [0.717, 1.165) is 34.0 Å². The Morgan fingerprint density at radius 2 is 1.80 bits per heavy atom. The van der Waals surface area contributed by atoms with Crippen molar-refractivity contribution in [1.82, 2.24) is 15.6 Å². The number of hydrogen-bond acceptors (Lipinski definition) is 3. The van der Waals surface area contributed by atoms with Gasteiger partial charge in [-0.05, 0) is 41.3 Å². The summed E-state index contributed by atoms with van der Waals surface area (Å²) in [5.41, 5.74) is 3.76. The molecule has 0 aliphatic rings. The summed E-state index contributed by atoms with van der Waals surface area (Å²) < 4.78 is 36.2. The minimum absolute atomic E-state index is 0. The number of nitrogens with zero attached hydrogens (tertiary/aromatic N) is 1. The Morgan fingerprint density at radius 1 is 1.10 bits per heavy atom. The average molecular weight is 544 g/mol. The lowest BCUT2D eigenvalue weighted by Gasteiger charge is -2.12. The van der Waals surface area contributed by atoms with Crippen molar-refractivity contribution < 1.29 is 12.8 Å². The van der Waals surface area contributed by atoms with Crippen molar-refractivity contribution in [2.75, 3.05) is 19.8 Å². The number of rotatable bonds is 7. The van der Waals surface area contributed by atoms with Crippen LogP contribution in [0.25, 0.3) is 10.9 Å². The first-order chi connectivity index (χ1) is 13.8. The second kappa shape index (κ2) is 10.8. The van der Waals surface area contributed by atoms with Crippen molar-refractivity contribution in [2.24, 2.45) is 4.99 Å². The van der Waals surface area contributed by atoms with Crippen molar-refractivity contribution >= 4 is 50.7 Å². The maximum absolute atomic E-state index is 13.5. The maximum atomic E-state index is 13.5. The second-order valence-corrected chi connectivity index (χ2v) is 9.13. The van der Waals surface area contributed by atoms with E-state index in [1.807, 2.05) is 30.5 Å². The second-order valence-electron chi connectivity index (χ2n) is 6.99. The first-order valence-corrected chi connectivity index (χ1v) is 11.4. The van der Waals surface area contributed by atoms with E-state index in [1.165, 1.54) is 12.3 Å². The number of nitrogens with one attached hydrogen (secondary N) is 3. The van der Waals surface area contributed by atoms with Crippen LogP contribution in [0.1, 0.15) is 16.7 Å². The van der Waals surface area contributed by atoms with Crippen LogP contribution in [0.3, 0.4) is 0 Å². The van der Waals surface area contributed by atoms with Gasteiger partial charge in [0.25, 0.3) is 0 Å². The molecule has 2 aromatic carbocycles. The molecule has 3 rings (SSSR count). The number of aromatic nitrogens is 1. The normalized spacial score (nSPS) is 11.9. The summed E-state index contributed by atoms with van der Waals surface area (Å²) in [6.07, 6.45) is 3.86. The summed E-state index contributed by atoms with van der Waals surface area (Å²) in [7, 11) is -1.33. The van der Waals surface area contributed by atoms with Gasteiger partial charge in [0, 0.05) is 43.5 Å². The van der Waals surface area contributed by atoms with Crippen LogP contribution in [0, 0.1) is 5.82 Å². The monoisotopic (exact) mass is 544 g/mol. The molecule has 3 aromatic rings. The van der Waals surface area contributed by atoms with E-state index in [2.05, 4.69) is 20.6 Å². The molecule has 0 saturated carbocycles. The largest absolute Gasteiger partial charge is 0.361 e. The minimum atomic E-state index is -3.03. The summed E-state index contributed by atoms with van der Waals surface area (Å²) in [5.74, 6) is 0.462. The van der Waals surface area contributed by atoms with Gasteiger partial charge in [-0.2, -0.15) is 0 Å². The number of aromatic amines is 1. The van der Waals surface area contributed by atoms with Crippen LogP contribution in [-0.2, 0) is 28.6 Å². The highest BCUT2D eigenvalue weighted by atomic mass is 127. The Kier molecular flexibility index (Phi) is 8.65. The Balaban J connectivity index is 0.00000320. The molecule has 0 aliphatic heterocycles. The van der Waals surface area contributed by atoms with Gasteiger partial charge in [0.1, 0.15) is 5.82 Å². The topological polar surface area (TPSA) is 86.3 Å². The molecule has 0 fully saturated rings. The molecule has 0 radical (unpaired) electrons. The van der Waals surface area contributed by atoms with Gasteiger partial charge in [0.05, 0.1) is 5.75 Å². The number of aliphatic imine (C=N–C) groups is 1. The van der Waals surface area contributed by atoms with Crippen molar-refractivity contribution in [2.45, 2.75) is 18.7 Å². The van der Waals surface area contributed by atoms with Gasteiger partial charge in [0.2, 0.25) is 0 Å². The minimum Gasteiger partial charge on any atom is -0.361 e. The molecular formula is C21H26FIN4O2S. The van der Waals surface area contributed by atoms with E-state index in [9.17, 15) is 12.8 Å². The number of halogens is 2. The lowest BCUT2D eigenvalue weighted by molar-refractivity contribution is 0.601. The average Bonchev–Trinajstić information content (AvgIpc) is 3.06. The number of benzene rings is 2. The molecule has 3 N–H and O–H groups in total. The van der Waals surface area contributed by atoms with Crippen molar-refractivity contribution in [3.8, 4) is 0 Å². The summed E-state index contributed by atoms with van der Waals surface area (Å²) >= 11 is 0. The third-order valence-corrected chi connectivity index (χ3v) is 5.41. The molecule has 1 aromatic heterocycles. The number of sulfone groups is 1. The van der Waals surface area contributed by atoms with Crippen LogP contribution in [0.5, 0.6) is 0 Å². The number of guanidine groups is 1. The van der Waals surface area contributed by atoms with E-state index in [1.54, 1.807) is 19.2 Å². The van der Waals surface area contributed by atoms with Gasteiger partial charge in [-0.3, -0.25) is 4.99 Å². The number of hydrogen-bond donors (Lipinski definition) is 3. The fourth-order valence-corrected chi connectivity index (χ4v) is 3.93. The van der Waals surface area contributed by atoms with Crippen LogP contribution in [-0.4, -0.2) is 39.2 Å². The molecule has 30 heavy (non-hydrogen) atoms. The summed E-state index contributed by atoms with van der Waals surface area (Å²) in [6, 6.07) is 12.2. The molecule has 6 nitrogen and oxygen atoms in total. The van der Waals surface area contributed by atoms with Crippen LogP contribution >= 0.6 is 24.0 Å². The van der Waals surface area contributed by atoms with Gasteiger partial charge in [0.15, 0.2) is 15.8 Å². The van der Waals surface area contributed by atoms with Crippen LogP contribution in [0.2, 0.25) is 0 Å². The van der Waals surface area contributed by atoms with Gasteiger partial charge >= 0.3 is 0 Å². The molecule has 0 saturated heterocycles. The first kappa shape index (κ1) is 24.1. The fourth-order valence-electron chi connectivity index (χ4n) is 3.14. The molecule has 9 heteroatoms. The Bertz CT molecular complexity index is 1110. The first-order valence-electron chi connectivity index (χ1n) is 9.29. The highest BCUT2D eigenvalue weighted by molar-refractivity contribution is 14.0. The Labute approximate surface area is 193 Å². The third kappa shape index (κ3) is 6.98. The lowest BCUT2D eigenvalue weighted by atomic mass is 10.1. The van der Waals surface area contributed by atoms with E-state index < -0.39 is 9.84 Å². The van der Waals surface area contributed by atoms with Crippen molar-refractivity contribution in [1.29, 1.82) is 0 Å². The highest BCUT2D eigenvalue weighted by Crippen LogP contribution is 2.19. The SMILES string of the molecule is CN=C(NCCc1c[nH]c2ccc(F)cc12)NCc1ccc(CS(C)(=O)=O)cc1.I. The quantitative estimate of drug-likeness (QED) is 0.242. The Hall–Kier alpha value is -2.14. The van der Waals surface area contributed by atoms with E-state index in [4.69, 9.17) is 0 Å². The van der Waals surface area contributed by atoms with Crippen LogP contribution in [0.15, 0.2) is 53.7 Å².